The van der Waals surface area contributed by atoms with Crippen LogP contribution in [-0.2, 0) is 5.41 Å². The van der Waals surface area contributed by atoms with Gasteiger partial charge in [0, 0.05) is 22.7 Å². The lowest BCUT2D eigenvalue weighted by molar-refractivity contribution is 0.291. The van der Waals surface area contributed by atoms with E-state index in [1.807, 2.05) is 18.2 Å². The number of nitrogens with two attached hydrogens (primary N) is 1. The maximum Gasteiger partial charge on any atom is 0.123 e. The largest absolute Gasteiger partial charge is 0.492 e. The van der Waals surface area contributed by atoms with Crippen molar-refractivity contribution in [3.8, 4) is 16.9 Å². The van der Waals surface area contributed by atoms with E-state index in [9.17, 15) is 0 Å². The van der Waals surface area contributed by atoms with E-state index in [2.05, 4.69) is 24.9 Å². The lowest BCUT2D eigenvalue weighted by Gasteiger charge is -2.16. The molecule has 0 saturated heterocycles. The van der Waals surface area contributed by atoms with Crippen LogP contribution in [0.1, 0.15) is 19.4 Å². The third-order valence-electron chi connectivity index (χ3n) is 3.46. The maximum atomic E-state index is 5.97. The molecule has 1 aliphatic heterocycles. The number of nitrogens with zero attached hydrogens (tertiary/aromatic N) is 1. The minimum Gasteiger partial charge on any atom is -0.492 e. The van der Waals surface area contributed by atoms with Gasteiger partial charge in [0.25, 0.3) is 0 Å². The Morgan fingerprint density at radius 3 is 2.89 bits per heavy atom. The number of pyridine rings is 1. The van der Waals surface area contributed by atoms with E-state index in [1.165, 1.54) is 5.56 Å². The standard InChI is InChI=1S/C15H16N2O/c1-15(2)9-18-14-4-3-10(7-12(14)15)11-5-6-17-8-13(11)16/h3-8H,9,16H2,1-2H3. The van der Waals surface area contributed by atoms with Crippen molar-refractivity contribution in [1.82, 2.24) is 4.98 Å². The van der Waals surface area contributed by atoms with Crippen LogP contribution in [0.4, 0.5) is 5.69 Å². The van der Waals surface area contributed by atoms with Crippen LogP contribution in [0.25, 0.3) is 11.1 Å². The maximum absolute atomic E-state index is 5.97. The molecule has 0 aliphatic carbocycles. The van der Waals surface area contributed by atoms with Crippen molar-refractivity contribution >= 4 is 5.69 Å². The summed E-state index contributed by atoms with van der Waals surface area (Å²) in [5.74, 6) is 0.983. The average Bonchev–Trinajstić information content (AvgIpc) is 2.66. The second-order valence-electron chi connectivity index (χ2n) is 5.35. The van der Waals surface area contributed by atoms with Crippen LogP contribution in [-0.4, -0.2) is 11.6 Å². The monoisotopic (exact) mass is 240 g/mol. The first-order valence-electron chi connectivity index (χ1n) is 6.05. The summed E-state index contributed by atoms with van der Waals surface area (Å²) in [7, 11) is 0. The van der Waals surface area contributed by atoms with Gasteiger partial charge in [-0.2, -0.15) is 0 Å². The summed E-state index contributed by atoms with van der Waals surface area (Å²) < 4.78 is 5.69. The lowest BCUT2D eigenvalue weighted by Crippen LogP contribution is -2.18. The van der Waals surface area contributed by atoms with Crippen LogP contribution < -0.4 is 10.5 Å². The van der Waals surface area contributed by atoms with Crippen LogP contribution in [0.15, 0.2) is 36.7 Å². The highest BCUT2D eigenvalue weighted by Gasteiger charge is 2.31. The van der Waals surface area contributed by atoms with E-state index in [1.54, 1.807) is 12.4 Å². The SMILES string of the molecule is CC1(C)COc2ccc(-c3ccncc3N)cc21. The average molecular weight is 240 g/mol. The second-order valence-corrected chi connectivity index (χ2v) is 5.35. The van der Waals surface area contributed by atoms with E-state index in [4.69, 9.17) is 10.5 Å². The number of benzene rings is 1. The molecule has 1 aliphatic rings. The molecule has 0 unspecified atom stereocenters. The second kappa shape index (κ2) is 3.73. The third-order valence-corrected chi connectivity index (χ3v) is 3.46. The van der Waals surface area contributed by atoms with Gasteiger partial charge in [0.15, 0.2) is 0 Å². The van der Waals surface area contributed by atoms with Gasteiger partial charge in [-0.1, -0.05) is 19.9 Å². The van der Waals surface area contributed by atoms with Crippen molar-refractivity contribution in [1.29, 1.82) is 0 Å². The molecule has 2 N–H and O–H groups in total. The van der Waals surface area contributed by atoms with Crippen molar-refractivity contribution in [2.45, 2.75) is 19.3 Å². The molecule has 1 aromatic carbocycles. The Balaban J connectivity index is 2.14. The molecule has 1 aromatic heterocycles. The Morgan fingerprint density at radius 2 is 2.11 bits per heavy atom. The van der Waals surface area contributed by atoms with Crippen molar-refractivity contribution in [2.75, 3.05) is 12.3 Å². The van der Waals surface area contributed by atoms with Crippen molar-refractivity contribution in [2.24, 2.45) is 0 Å². The molecule has 0 atom stereocenters. The van der Waals surface area contributed by atoms with Gasteiger partial charge >= 0.3 is 0 Å². The lowest BCUT2D eigenvalue weighted by atomic mass is 9.85. The zero-order chi connectivity index (χ0) is 12.8. The molecule has 0 spiro atoms. The summed E-state index contributed by atoms with van der Waals surface area (Å²) in [4.78, 5) is 4.02. The van der Waals surface area contributed by atoms with E-state index in [0.717, 1.165) is 23.5 Å². The van der Waals surface area contributed by atoms with Crippen LogP contribution in [0.3, 0.4) is 0 Å². The molecule has 2 heterocycles. The minimum absolute atomic E-state index is 0.0626. The summed E-state index contributed by atoms with van der Waals surface area (Å²) >= 11 is 0. The number of rotatable bonds is 1. The number of aromatic nitrogens is 1. The number of hydrogen-bond acceptors (Lipinski definition) is 3. The molecule has 0 fully saturated rings. The van der Waals surface area contributed by atoms with Gasteiger partial charge in [0.2, 0.25) is 0 Å². The van der Waals surface area contributed by atoms with E-state index < -0.39 is 0 Å². The predicted octanol–water partition coefficient (Wildman–Crippen LogP) is 3.00. The van der Waals surface area contributed by atoms with Crippen LogP contribution in [0.2, 0.25) is 0 Å². The minimum atomic E-state index is 0.0626. The normalized spacial score (nSPS) is 16.1. The molecule has 3 rings (SSSR count). The third kappa shape index (κ3) is 1.63. The highest BCUT2D eigenvalue weighted by Crippen LogP contribution is 2.41. The van der Waals surface area contributed by atoms with Gasteiger partial charge in [0.1, 0.15) is 5.75 Å². The fraction of sp³-hybridized carbons (Fsp3) is 0.267. The van der Waals surface area contributed by atoms with E-state index >= 15 is 0 Å². The van der Waals surface area contributed by atoms with Crippen molar-refractivity contribution < 1.29 is 4.74 Å². The summed E-state index contributed by atoms with van der Waals surface area (Å²) in [5, 5.41) is 0. The van der Waals surface area contributed by atoms with Crippen LogP contribution in [0.5, 0.6) is 5.75 Å². The molecule has 0 radical (unpaired) electrons. The molecule has 18 heavy (non-hydrogen) atoms. The molecule has 0 saturated carbocycles. The number of ether oxygens (including phenoxy) is 1. The Bertz CT molecular complexity index is 605. The van der Waals surface area contributed by atoms with Gasteiger partial charge in [-0.15, -0.1) is 0 Å². The van der Waals surface area contributed by atoms with E-state index in [0.29, 0.717) is 5.69 Å². The summed E-state index contributed by atoms with van der Waals surface area (Å²) in [6.45, 7) is 5.12. The Morgan fingerprint density at radius 1 is 1.28 bits per heavy atom. The van der Waals surface area contributed by atoms with Gasteiger partial charge in [-0.05, 0) is 23.8 Å². The number of hydrogen-bond donors (Lipinski definition) is 1. The van der Waals surface area contributed by atoms with Crippen molar-refractivity contribution in [3.05, 3.63) is 42.2 Å². The zero-order valence-electron chi connectivity index (χ0n) is 10.6. The van der Waals surface area contributed by atoms with Crippen LogP contribution >= 0.6 is 0 Å². The van der Waals surface area contributed by atoms with Crippen LogP contribution in [0, 0.1) is 0 Å². The molecular formula is C15H16N2O. The molecule has 2 aromatic rings. The van der Waals surface area contributed by atoms with Gasteiger partial charge in [0.05, 0.1) is 18.5 Å². The van der Waals surface area contributed by atoms with E-state index in [-0.39, 0.29) is 5.41 Å². The van der Waals surface area contributed by atoms with Gasteiger partial charge in [-0.25, -0.2) is 0 Å². The quantitative estimate of drug-likeness (QED) is 0.833. The Labute approximate surface area is 107 Å². The highest BCUT2D eigenvalue weighted by atomic mass is 16.5. The summed E-state index contributed by atoms with van der Waals surface area (Å²) in [6.07, 6.45) is 3.45. The molecule has 0 bridgehead atoms. The number of nitrogen functional groups attached to an aromatic ring is 1. The predicted molar refractivity (Wildman–Crippen MR) is 72.6 cm³/mol. The molecule has 0 amide bonds. The Kier molecular flexibility index (Phi) is 2.30. The molecule has 3 nitrogen and oxygen atoms in total. The zero-order valence-corrected chi connectivity index (χ0v) is 10.6. The highest BCUT2D eigenvalue weighted by molar-refractivity contribution is 5.76. The number of fused-ring (bicyclic) bond motifs is 1. The van der Waals surface area contributed by atoms with Gasteiger partial charge in [-0.3, -0.25) is 4.98 Å². The smallest absolute Gasteiger partial charge is 0.123 e. The summed E-state index contributed by atoms with van der Waals surface area (Å²) in [6, 6.07) is 8.19. The topological polar surface area (TPSA) is 48.1 Å². The first-order valence-corrected chi connectivity index (χ1v) is 6.05. The first-order chi connectivity index (χ1) is 8.58. The molecular weight excluding hydrogens is 224 g/mol. The molecule has 92 valence electrons. The Hall–Kier alpha value is -2.03. The fourth-order valence-corrected chi connectivity index (χ4v) is 2.36. The van der Waals surface area contributed by atoms with Gasteiger partial charge < -0.3 is 10.5 Å². The fourth-order valence-electron chi connectivity index (χ4n) is 2.36. The summed E-state index contributed by atoms with van der Waals surface area (Å²) in [5.41, 5.74) is 10.1. The van der Waals surface area contributed by atoms with Crippen molar-refractivity contribution in [3.63, 3.8) is 0 Å². The number of anilines is 1. The first kappa shape index (κ1) is 11.1. The molecule has 3 heteroatoms.